The summed E-state index contributed by atoms with van der Waals surface area (Å²) in [5.74, 6) is -0.0878. The molecule has 2 N–H and O–H groups in total. The topological polar surface area (TPSA) is 53.7 Å². The molecular weight excluding hydrogens is 206 g/mol. The highest BCUT2D eigenvalue weighted by Gasteiger charge is 2.39. The third-order valence-corrected chi connectivity index (χ3v) is 2.79. The van der Waals surface area contributed by atoms with Crippen molar-refractivity contribution in [3.05, 3.63) is 29.3 Å². The number of benzene rings is 1. The van der Waals surface area contributed by atoms with Crippen LogP contribution in [0.15, 0.2) is 18.2 Å². The van der Waals surface area contributed by atoms with Gasteiger partial charge >= 0.3 is 0 Å². The van der Waals surface area contributed by atoms with Gasteiger partial charge in [0.25, 0.3) is 0 Å². The Hall–Kier alpha value is -1.10. The monoisotopic (exact) mass is 223 g/mol. The van der Waals surface area contributed by atoms with Crippen molar-refractivity contribution in [3.63, 3.8) is 0 Å². The molecule has 0 saturated carbocycles. The second kappa shape index (κ2) is 4.41. The van der Waals surface area contributed by atoms with Gasteiger partial charge in [-0.15, -0.1) is 0 Å². The third-order valence-electron chi connectivity index (χ3n) is 2.79. The van der Waals surface area contributed by atoms with Gasteiger partial charge in [-0.1, -0.05) is 11.6 Å². The number of hydrogen-bond acceptors (Lipinski definition) is 4. The van der Waals surface area contributed by atoms with Gasteiger partial charge in [0.05, 0.1) is 32.4 Å². The molecule has 0 amide bonds. The number of rotatable bonds is 3. The Morgan fingerprint density at radius 3 is 2.62 bits per heavy atom. The lowest BCUT2D eigenvalue weighted by atomic mass is 10.0. The van der Waals surface area contributed by atoms with E-state index >= 15 is 0 Å². The van der Waals surface area contributed by atoms with Crippen LogP contribution in [0.1, 0.15) is 11.1 Å². The fourth-order valence-electron chi connectivity index (χ4n) is 1.96. The van der Waals surface area contributed by atoms with Crippen molar-refractivity contribution in [1.29, 1.82) is 0 Å². The van der Waals surface area contributed by atoms with E-state index in [0.717, 1.165) is 16.9 Å². The molecule has 88 valence electrons. The summed E-state index contributed by atoms with van der Waals surface area (Å²) < 4.78 is 16.6. The first-order chi connectivity index (χ1) is 7.72. The third kappa shape index (κ3) is 1.80. The summed E-state index contributed by atoms with van der Waals surface area (Å²) in [7, 11) is 1.63. The van der Waals surface area contributed by atoms with Gasteiger partial charge < -0.3 is 19.9 Å². The molecule has 1 saturated heterocycles. The van der Waals surface area contributed by atoms with Crippen LogP contribution in [0.5, 0.6) is 5.75 Å². The number of aryl methyl sites for hydroxylation is 1. The summed E-state index contributed by atoms with van der Waals surface area (Å²) in [5, 5.41) is 0. The van der Waals surface area contributed by atoms with Crippen molar-refractivity contribution >= 4 is 0 Å². The standard InChI is InChI=1S/C12H17NO3/c1-9-3-4-11(14-2)10(7-9)12(8-13)15-5-6-16-12/h3-4,7H,5-6,8,13H2,1-2H3. The van der Waals surface area contributed by atoms with Crippen LogP contribution in [0.4, 0.5) is 0 Å². The van der Waals surface area contributed by atoms with Crippen molar-refractivity contribution < 1.29 is 14.2 Å². The van der Waals surface area contributed by atoms with E-state index in [4.69, 9.17) is 19.9 Å². The first-order valence-corrected chi connectivity index (χ1v) is 5.35. The molecule has 1 aromatic rings. The smallest absolute Gasteiger partial charge is 0.211 e. The minimum atomic E-state index is -0.836. The van der Waals surface area contributed by atoms with Gasteiger partial charge in [0.1, 0.15) is 5.75 Å². The Morgan fingerprint density at radius 2 is 2.06 bits per heavy atom. The first kappa shape index (κ1) is 11.4. The summed E-state index contributed by atoms with van der Waals surface area (Å²) in [6.45, 7) is 3.43. The number of hydrogen-bond donors (Lipinski definition) is 1. The Kier molecular flexibility index (Phi) is 3.14. The zero-order valence-corrected chi connectivity index (χ0v) is 9.66. The predicted octanol–water partition coefficient (Wildman–Crippen LogP) is 1.16. The van der Waals surface area contributed by atoms with Crippen molar-refractivity contribution in [2.24, 2.45) is 5.73 Å². The number of nitrogens with two attached hydrogens (primary N) is 1. The van der Waals surface area contributed by atoms with Crippen molar-refractivity contribution in [2.45, 2.75) is 12.7 Å². The molecule has 0 radical (unpaired) electrons. The molecule has 1 aromatic carbocycles. The van der Waals surface area contributed by atoms with E-state index in [9.17, 15) is 0 Å². The fourth-order valence-corrected chi connectivity index (χ4v) is 1.96. The molecule has 1 aliphatic rings. The summed E-state index contributed by atoms with van der Waals surface area (Å²) in [4.78, 5) is 0. The van der Waals surface area contributed by atoms with Crippen LogP contribution in [0.25, 0.3) is 0 Å². The van der Waals surface area contributed by atoms with E-state index in [1.54, 1.807) is 7.11 Å². The van der Waals surface area contributed by atoms with E-state index < -0.39 is 5.79 Å². The maximum Gasteiger partial charge on any atom is 0.211 e. The van der Waals surface area contributed by atoms with Crippen LogP contribution in [-0.4, -0.2) is 26.9 Å². The molecule has 0 aliphatic carbocycles. The molecule has 0 spiro atoms. The zero-order chi connectivity index (χ0) is 11.6. The Bertz CT molecular complexity index is 373. The van der Waals surface area contributed by atoms with E-state index in [2.05, 4.69) is 0 Å². The van der Waals surface area contributed by atoms with Crippen LogP contribution < -0.4 is 10.5 Å². The highest BCUT2D eigenvalue weighted by atomic mass is 16.7. The minimum absolute atomic E-state index is 0.285. The molecule has 0 atom stereocenters. The summed E-state index contributed by atoms with van der Waals surface area (Å²) in [5.41, 5.74) is 7.77. The predicted molar refractivity (Wildman–Crippen MR) is 60.4 cm³/mol. The summed E-state index contributed by atoms with van der Waals surface area (Å²) in [6, 6.07) is 5.89. The number of methoxy groups -OCH3 is 1. The zero-order valence-electron chi connectivity index (χ0n) is 9.66. The lowest BCUT2D eigenvalue weighted by Gasteiger charge is -2.27. The van der Waals surface area contributed by atoms with Crippen LogP contribution in [-0.2, 0) is 15.3 Å². The molecule has 2 rings (SSSR count). The molecule has 0 bridgehead atoms. The first-order valence-electron chi connectivity index (χ1n) is 5.35. The SMILES string of the molecule is COc1ccc(C)cc1C1(CN)OCCO1. The van der Waals surface area contributed by atoms with Gasteiger partial charge in [0.15, 0.2) is 0 Å². The minimum Gasteiger partial charge on any atom is -0.496 e. The normalized spacial score (nSPS) is 18.7. The Balaban J connectivity index is 2.47. The van der Waals surface area contributed by atoms with Crippen LogP contribution in [0, 0.1) is 6.92 Å². The molecule has 4 nitrogen and oxygen atoms in total. The van der Waals surface area contributed by atoms with E-state index in [0.29, 0.717) is 13.2 Å². The molecule has 16 heavy (non-hydrogen) atoms. The molecule has 0 unspecified atom stereocenters. The lowest BCUT2D eigenvalue weighted by Crippen LogP contribution is -2.36. The maximum atomic E-state index is 5.77. The Labute approximate surface area is 95.3 Å². The average molecular weight is 223 g/mol. The van der Waals surface area contributed by atoms with Crippen molar-refractivity contribution in [1.82, 2.24) is 0 Å². The van der Waals surface area contributed by atoms with Crippen LogP contribution in [0.2, 0.25) is 0 Å². The van der Waals surface area contributed by atoms with Gasteiger partial charge in [-0.3, -0.25) is 0 Å². The van der Waals surface area contributed by atoms with Gasteiger partial charge in [0, 0.05) is 0 Å². The molecule has 0 aromatic heterocycles. The van der Waals surface area contributed by atoms with Gasteiger partial charge in [-0.05, 0) is 19.1 Å². The average Bonchev–Trinajstić information content (AvgIpc) is 2.78. The van der Waals surface area contributed by atoms with Gasteiger partial charge in [0.2, 0.25) is 5.79 Å². The molecular formula is C12H17NO3. The van der Waals surface area contributed by atoms with E-state index in [-0.39, 0.29) is 6.54 Å². The highest BCUT2D eigenvalue weighted by Crippen LogP contribution is 2.36. The maximum absolute atomic E-state index is 5.77. The van der Waals surface area contributed by atoms with Gasteiger partial charge in [-0.25, -0.2) is 0 Å². The lowest BCUT2D eigenvalue weighted by molar-refractivity contribution is -0.157. The molecule has 1 fully saturated rings. The number of ether oxygens (including phenoxy) is 3. The van der Waals surface area contributed by atoms with E-state index in [1.807, 2.05) is 25.1 Å². The van der Waals surface area contributed by atoms with Crippen molar-refractivity contribution in [2.75, 3.05) is 26.9 Å². The summed E-state index contributed by atoms with van der Waals surface area (Å²) >= 11 is 0. The Morgan fingerprint density at radius 1 is 1.38 bits per heavy atom. The summed E-state index contributed by atoms with van der Waals surface area (Å²) in [6.07, 6.45) is 0. The van der Waals surface area contributed by atoms with Crippen LogP contribution in [0.3, 0.4) is 0 Å². The fraction of sp³-hybridized carbons (Fsp3) is 0.500. The molecule has 4 heteroatoms. The second-order valence-electron chi connectivity index (χ2n) is 3.86. The highest BCUT2D eigenvalue weighted by molar-refractivity contribution is 5.40. The quantitative estimate of drug-likeness (QED) is 0.835. The van der Waals surface area contributed by atoms with Crippen molar-refractivity contribution in [3.8, 4) is 5.75 Å². The van der Waals surface area contributed by atoms with Crippen LogP contribution >= 0.6 is 0 Å². The largest absolute Gasteiger partial charge is 0.496 e. The molecule has 1 heterocycles. The van der Waals surface area contributed by atoms with Gasteiger partial charge in [-0.2, -0.15) is 0 Å². The second-order valence-corrected chi connectivity index (χ2v) is 3.86. The molecule has 1 aliphatic heterocycles. The van der Waals surface area contributed by atoms with E-state index in [1.165, 1.54) is 0 Å².